The molecule has 0 bridgehead atoms. The number of likely N-dealkylation sites (N-methyl/N-ethyl adjacent to an activating group) is 1. The summed E-state index contributed by atoms with van der Waals surface area (Å²) in [5.41, 5.74) is 0. The zero-order valence-electron chi connectivity index (χ0n) is 11.4. The standard InChI is InChI=1S/C12H20N2O5/c1-7(10(15)13-2)6-14(3)11(16)8-4-5-9(19-8)12(17)18/h7-9H,4-6H2,1-3H3,(H,13,15)(H,17,18). The summed E-state index contributed by atoms with van der Waals surface area (Å²) in [5, 5.41) is 11.3. The molecule has 1 rings (SSSR count). The number of nitrogens with zero attached hydrogens (tertiary/aromatic N) is 1. The highest BCUT2D eigenvalue weighted by Crippen LogP contribution is 2.21. The van der Waals surface area contributed by atoms with Crippen LogP contribution in [0.15, 0.2) is 0 Å². The van der Waals surface area contributed by atoms with Crippen LogP contribution in [0.2, 0.25) is 0 Å². The fraction of sp³-hybridized carbons (Fsp3) is 0.750. The van der Waals surface area contributed by atoms with Crippen LogP contribution in [0.5, 0.6) is 0 Å². The first-order chi connectivity index (χ1) is 8.86. The maximum Gasteiger partial charge on any atom is 0.332 e. The average molecular weight is 272 g/mol. The Hall–Kier alpha value is -1.63. The number of carboxylic acid groups (broad SMARTS) is 1. The third-order valence-electron chi connectivity index (χ3n) is 3.19. The van der Waals surface area contributed by atoms with Gasteiger partial charge in [0.2, 0.25) is 5.91 Å². The van der Waals surface area contributed by atoms with E-state index in [1.807, 2.05) is 0 Å². The van der Waals surface area contributed by atoms with Crippen molar-refractivity contribution in [2.75, 3.05) is 20.6 Å². The van der Waals surface area contributed by atoms with Gasteiger partial charge >= 0.3 is 5.97 Å². The number of carbonyl (C=O) groups is 3. The van der Waals surface area contributed by atoms with Gasteiger partial charge in [-0.15, -0.1) is 0 Å². The maximum atomic E-state index is 12.0. The summed E-state index contributed by atoms with van der Waals surface area (Å²) in [6.45, 7) is 1.99. The number of nitrogens with one attached hydrogen (secondary N) is 1. The number of hydrogen-bond acceptors (Lipinski definition) is 4. The molecule has 3 atom stereocenters. The zero-order valence-corrected chi connectivity index (χ0v) is 11.4. The van der Waals surface area contributed by atoms with Crippen LogP contribution in [-0.4, -0.2) is 60.6 Å². The maximum absolute atomic E-state index is 12.0. The molecule has 0 saturated carbocycles. The molecule has 1 aliphatic rings. The van der Waals surface area contributed by atoms with Crippen molar-refractivity contribution in [3.05, 3.63) is 0 Å². The molecule has 1 saturated heterocycles. The number of carbonyl (C=O) groups excluding carboxylic acids is 2. The molecule has 0 radical (unpaired) electrons. The lowest BCUT2D eigenvalue weighted by Gasteiger charge is -2.23. The lowest BCUT2D eigenvalue weighted by Crippen LogP contribution is -2.42. The van der Waals surface area contributed by atoms with Gasteiger partial charge in [0.1, 0.15) is 6.10 Å². The molecule has 3 unspecified atom stereocenters. The summed E-state index contributed by atoms with van der Waals surface area (Å²) >= 11 is 0. The molecule has 2 amide bonds. The van der Waals surface area contributed by atoms with Crippen LogP contribution < -0.4 is 5.32 Å². The molecular formula is C12H20N2O5. The Balaban J connectivity index is 2.49. The molecule has 0 aromatic heterocycles. The minimum atomic E-state index is -1.04. The fourth-order valence-corrected chi connectivity index (χ4v) is 2.08. The zero-order chi connectivity index (χ0) is 14.6. The highest BCUT2D eigenvalue weighted by Gasteiger charge is 2.36. The van der Waals surface area contributed by atoms with E-state index < -0.39 is 18.2 Å². The lowest BCUT2D eigenvalue weighted by atomic mass is 10.1. The smallest absolute Gasteiger partial charge is 0.332 e. The summed E-state index contributed by atoms with van der Waals surface area (Å²) in [6.07, 6.45) is -0.888. The molecule has 1 aliphatic heterocycles. The van der Waals surface area contributed by atoms with Crippen LogP contribution >= 0.6 is 0 Å². The Morgan fingerprint density at radius 2 is 1.95 bits per heavy atom. The minimum absolute atomic E-state index is 0.143. The van der Waals surface area contributed by atoms with Crippen LogP contribution in [0.25, 0.3) is 0 Å². The van der Waals surface area contributed by atoms with Crippen molar-refractivity contribution in [3.63, 3.8) is 0 Å². The second-order valence-corrected chi connectivity index (χ2v) is 4.76. The number of hydrogen-bond donors (Lipinski definition) is 2. The largest absolute Gasteiger partial charge is 0.479 e. The van der Waals surface area contributed by atoms with Crippen molar-refractivity contribution < 1.29 is 24.2 Å². The van der Waals surface area contributed by atoms with Crippen LogP contribution in [0, 0.1) is 5.92 Å². The average Bonchev–Trinajstić information content (AvgIpc) is 2.86. The summed E-state index contributed by atoms with van der Waals surface area (Å²) in [5.74, 6) is -1.79. The van der Waals surface area contributed by atoms with E-state index in [0.29, 0.717) is 12.8 Å². The monoisotopic (exact) mass is 272 g/mol. The van der Waals surface area contributed by atoms with Crippen LogP contribution in [0.3, 0.4) is 0 Å². The minimum Gasteiger partial charge on any atom is -0.479 e. The fourth-order valence-electron chi connectivity index (χ4n) is 2.08. The predicted octanol–water partition coefficient (Wildman–Crippen LogP) is -0.541. The van der Waals surface area contributed by atoms with Gasteiger partial charge in [0, 0.05) is 20.6 Å². The predicted molar refractivity (Wildman–Crippen MR) is 66.4 cm³/mol. The molecule has 2 N–H and O–H groups in total. The Morgan fingerprint density at radius 3 is 2.42 bits per heavy atom. The second kappa shape index (κ2) is 6.51. The molecule has 7 nitrogen and oxygen atoms in total. The van der Waals surface area contributed by atoms with Crippen molar-refractivity contribution in [1.82, 2.24) is 10.2 Å². The Kier molecular flexibility index (Phi) is 5.29. The molecule has 0 spiro atoms. The summed E-state index contributed by atoms with van der Waals surface area (Å²) in [4.78, 5) is 35.6. The van der Waals surface area contributed by atoms with E-state index in [1.165, 1.54) is 11.9 Å². The van der Waals surface area contributed by atoms with E-state index in [2.05, 4.69) is 5.32 Å². The van der Waals surface area contributed by atoms with E-state index in [4.69, 9.17) is 9.84 Å². The highest BCUT2D eigenvalue weighted by atomic mass is 16.5. The SMILES string of the molecule is CNC(=O)C(C)CN(C)C(=O)C1CCC(C(=O)O)O1. The van der Waals surface area contributed by atoms with Crippen molar-refractivity contribution in [2.45, 2.75) is 32.0 Å². The van der Waals surface area contributed by atoms with Gasteiger partial charge in [0.15, 0.2) is 6.10 Å². The molecule has 0 aromatic carbocycles. The van der Waals surface area contributed by atoms with Gasteiger partial charge in [-0.2, -0.15) is 0 Å². The van der Waals surface area contributed by atoms with E-state index in [0.717, 1.165) is 0 Å². The molecule has 19 heavy (non-hydrogen) atoms. The van der Waals surface area contributed by atoms with Gasteiger partial charge in [-0.05, 0) is 12.8 Å². The number of rotatable bonds is 5. The topological polar surface area (TPSA) is 95.9 Å². The lowest BCUT2D eigenvalue weighted by molar-refractivity contribution is -0.154. The third-order valence-corrected chi connectivity index (χ3v) is 3.19. The van der Waals surface area contributed by atoms with Gasteiger partial charge in [0.25, 0.3) is 5.91 Å². The van der Waals surface area contributed by atoms with E-state index in [9.17, 15) is 14.4 Å². The molecule has 0 aliphatic carbocycles. The van der Waals surface area contributed by atoms with Gasteiger partial charge in [-0.25, -0.2) is 4.79 Å². The Labute approximate surface area is 111 Å². The van der Waals surface area contributed by atoms with Crippen molar-refractivity contribution >= 4 is 17.8 Å². The summed E-state index contributed by atoms with van der Waals surface area (Å²) in [7, 11) is 3.12. The van der Waals surface area contributed by atoms with Crippen molar-refractivity contribution in [2.24, 2.45) is 5.92 Å². The first-order valence-corrected chi connectivity index (χ1v) is 6.21. The van der Waals surface area contributed by atoms with Crippen LogP contribution in [0.4, 0.5) is 0 Å². The molecule has 0 aromatic rings. The number of aliphatic carboxylic acids is 1. The summed E-state index contributed by atoms with van der Waals surface area (Å²) < 4.78 is 5.18. The Morgan fingerprint density at radius 1 is 1.37 bits per heavy atom. The molecule has 1 fully saturated rings. The first kappa shape index (κ1) is 15.4. The molecular weight excluding hydrogens is 252 g/mol. The van der Waals surface area contributed by atoms with Crippen molar-refractivity contribution in [1.29, 1.82) is 0 Å². The van der Waals surface area contributed by atoms with Gasteiger partial charge in [-0.1, -0.05) is 6.92 Å². The third kappa shape index (κ3) is 3.92. The highest BCUT2D eigenvalue weighted by molar-refractivity contribution is 5.84. The quantitative estimate of drug-likeness (QED) is 0.700. The normalized spacial score (nSPS) is 23.7. The Bertz CT molecular complexity index is 371. The van der Waals surface area contributed by atoms with Crippen molar-refractivity contribution in [3.8, 4) is 0 Å². The van der Waals surface area contributed by atoms with Crippen LogP contribution in [0.1, 0.15) is 19.8 Å². The first-order valence-electron chi connectivity index (χ1n) is 6.21. The number of carboxylic acids is 1. The molecule has 1 heterocycles. The number of amides is 2. The van der Waals surface area contributed by atoms with E-state index >= 15 is 0 Å². The molecule has 108 valence electrons. The molecule has 7 heteroatoms. The van der Waals surface area contributed by atoms with Gasteiger partial charge in [-0.3, -0.25) is 9.59 Å². The van der Waals surface area contributed by atoms with E-state index in [-0.39, 0.29) is 24.3 Å². The number of ether oxygens (including phenoxy) is 1. The van der Waals surface area contributed by atoms with Gasteiger partial charge < -0.3 is 20.1 Å². The van der Waals surface area contributed by atoms with Crippen LogP contribution in [-0.2, 0) is 19.1 Å². The summed E-state index contributed by atoms with van der Waals surface area (Å²) in [6, 6.07) is 0. The van der Waals surface area contributed by atoms with Gasteiger partial charge in [0.05, 0.1) is 5.92 Å². The second-order valence-electron chi connectivity index (χ2n) is 4.76. The van der Waals surface area contributed by atoms with E-state index in [1.54, 1.807) is 14.0 Å².